The Balaban J connectivity index is 2.51. The lowest BCUT2D eigenvalue weighted by atomic mass is 9.96. The van der Waals surface area contributed by atoms with Crippen LogP contribution in [0.3, 0.4) is 0 Å². The molecule has 16 heavy (non-hydrogen) atoms. The molecule has 0 saturated heterocycles. The van der Waals surface area contributed by atoms with Crippen LogP contribution in [-0.4, -0.2) is 35.0 Å². The van der Waals surface area contributed by atoms with E-state index in [0.29, 0.717) is 0 Å². The molecule has 1 aromatic heterocycles. The molecule has 0 aliphatic heterocycles. The molecule has 0 bridgehead atoms. The van der Waals surface area contributed by atoms with Crippen LogP contribution in [0.1, 0.15) is 25.1 Å². The molecule has 3 N–H and O–H groups in total. The van der Waals surface area contributed by atoms with Gasteiger partial charge in [0.05, 0.1) is 18.8 Å². The molecule has 0 aromatic carbocycles. The summed E-state index contributed by atoms with van der Waals surface area (Å²) < 4.78 is 0. The van der Waals surface area contributed by atoms with Gasteiger partial charge < -0.3 is 15.5 Å². The topological polar surface area (TPSA) is 52.5 Å². The van der Waals surface area contributed by atoms with Crippen LogP contribution in [0.2, 0.25) is 0 Å². The number of aliphatic hydroxyl groups is 2. The molecule has 0 amide bonds. The molecule has 1 heterocycles. The predicted molar refractivity (Wildman–Crippen MR) is 67.8 cm³/mol. The molecule has 1 unspecified atom stereocenters. The first kappa shape index (κ1) is 13.6. The molecule has 0 aliphatic rings. The maximum Gasteiger partial charge on any atom is 0.0647 e. The second-order valence-corrected chi connectivity index (χ2v) is 5.31. The first-order valence-electron chi connectivity index (χ1n) is 5.67. The summed E-state index contributed by atoms with van der Waals surface area (Å²) in [6.45, 7) is 3.98. The Morgan fingerprint density at radius 1 is 1.44 bits per heavy atom. The highest BCUT2D eigenvalue weighted by molar-refractivity contribution is 7.09. The highest BCUT2D eigenvalue weighted by atomic mass is 32.1. The summed E-state index contributed by atoms with van der Waals surface area (Å²) in [4.78, 5) is 1.32. The average Bonchev–Trinajstić information content (AvgIpc) is 2.79. The Hall–Kier alpha value is -0.420. The molecular formula is C12H21NO2S. The van der Waals surface area contributed by atoms with E-state index in [4.69, 9.17) is 0 Å². The molecule has 0 saturated carbocycles. The third-order valence-corrected chi connectivity index (χ3v) is 3.82. The molecule has 1 aromatic rings. The Morgan fingerprint density at radius 3 is 2.56 bits per heavy atom. The van der Waals surface area contributed by atoms with E-state index in [0.717, 1.165) is 12.8 Å². The Labute approximate surface area is 101 Å². The van der Waals surface area contributed by atoms with Crippen molar-refractivity contribution in [1.29, 1.82) is 0 Å². The molecule has 1 atom stereocenters. The van der Waals surface area contributed by atoms with Gasteiger partial charge in [0.25, 0.3) is 0 Å². The summed E-state index contributed by atoms with van der Waals surface area (Å²) in [5.41, 5.74) is -0.545. The van der Waals surface area contributed by atoms with Crippen molar-refractivity contribution in [3.8, 4) is 0 Å². The van der Waals surface area contributed by atoms with Gasteiger partial charge in [-0.3, -0.25) is 0 Å². The van der Waals surface area contributed by atoms with Crippen LogP contribution in [0.4, 0.5) is 0 Å². The van der Waals surface area contributed by atoms with E-state index in [2.05, 4.69) is 23.7 Å². The summed E-state index contributed by atoms with van der Waals surface area (Å²) in [5.74, 6) is 0. The van der Waals surface area contributed by atoms with Crippen molar-refractivity contribution in [3.63, 3.8) is 0 Å². The van der Waals surface area contributed by atoms with Crippen molar-refractivity contribution in [1.82, 2.24) is 5.32 Å². The summed E-state index contributed by atoms with van der Waals surface area (Å²) in [7, 11) is 0. The second kappa shape index (κ2) is 6.35. The third kappa shape index (κ3) is 3.56. The fraction of sp³-hybridized carbons (Fsp3) is 0.667. The van der Waals surface area contributed by atoms with Crippen LogP contribution in [0, 0.1) is 0 Å². The number of nitrogens with one attached hydrogen (secondary N) is 1. The van der Waals surface area contributed by atoms with E-state index < -0.39 is 5.54 Å². The summed E-state index contributed by atoms with van der Waals surface area (Å²) >= 11 is 1.74. The van der Waals surface area contributed by atoms with Crippen LogP contribution in [0.15, 0.2) is 17.5 Å². The molecule has 3 nitrogen and oxygen atoms in total. The average molecular weight is 243 g/mol. The van der Waals surface area contributed by atoms with Gasteiger partial charge in [-0.25, -0.2) is 0 Å². The molecule has 4 heteroatoms. The summed E-state index contributed by atoms with van der Waals surface area (Å²) in [5, 5.41) is 24.1. The minimum atomic E-state index is -0.545. The molecule has 0 aliphatic carbocycles. The Kier molecular flexibility index (Phi) is 5.41. The maximum atomic E-state index is 9.33. The van der Waals surface area contributed by atoms with Crippen LogP contribution < -0.4 is 5.32 Å². The van der Waals surface area contributed by atoms with E-state index in [-0.39, 0.29) is 19.3 Å². The lowest BCUT2D eigenvalue weighted by Gasteiger charge is -2.33. The van der Waals surface area contributed by atoms with Gasteiger partial charge in [0.1, 0.15) is 0 Å². The molecule has 1 rings (SSSR count). The van der Waals surface area contributed by atoms with Crippen LogP contribution in [0.5, 0.6) is 0 Å². The fourth-order valence-electron chi connectivity index (χ4n) is 1.77. The molecule has 92 valence electrons. The van der Waals surface area contributed by atoms with Gasteiger partial charge in [0, 0.05) is 10.9 Å². The molecule has 0 radical (unpaired) electrons. The quantitative estimate of drug-likeness (QED) is 0.678. The predicted octanol–water partition coefficient (Wildman–Crippen LogP) is 1.40. The van der Waals surface area contributed by atoms with Crippen molar-refractivity contribution < 1.29 is 10.2 Å². The zero-order valence-electron chi connectivity index (χ0n) is 9.94. The zero-order valence-corrected chi connectivity index (χ0v) is 10.8. The lowest BCUT2D eigenvalue weighted by Crippen LogP contribution is -2.55. The van der Waals surface area contributed by atoms with Crippen LogP contribution in [0.25, 0.3) is 0 Å². The highest BCUT2D eigenvalue weighted by Crippen LogP contribution is 2.14. The van der Waals surface area contributed by atoms with Gasteiger partial charge in [-0.1, -0.05) is 13.0 Å². The monoisotopic (exact) mass is 243 g/mol. The number of hydrogen-bond acceptors (Lipinski definition) is 4. The van der Waals surface area contributed by atoms with E-state index in [9.17, 15) is 10.2 Å². The molecular weight excluding hydrogens is 222 g/mol. The van der Waals surface area contributed by atoms with E-state index >= 15 is 0 Å². The van der Waals surface area contributed by atoms with E-state index in [1.807, 2.05) is 13.0 Å². The van der Waals surface area contributed by atoms with Crippen molar-refractivity contribution in [2.75, 3.05) is 13.2 Å². The number of aliphatic hydroxyl groups excluding tert-OH is 2. The van der Waals surface area contributed by atoms with Gasteiger partial charge in [-0.05, 0) is 31.2 Å². The van der Waals surface area contributed by atoms with Crippen molar-refractivity contribution >= 4 is 11.3 Å². The normalized spacial score (nSPS) is 14.0. The number of hydrogen-bond donors (Lipinski definition) is 3. The van der Waals surface area contributed by atoms with Crippen LogP contribution in [-0.2, 0) is 6.42 Å². The SMILES string of the molecule is CCC(CO)(CO)NC(C)Cc1cccs1. The lowest BCUT2D eigenvalue weighted by molar-refractivity contribution is 0.0794. The summed E-state index contributed by atoms with van der Waals surface area (Å²) in [6.07, 6.45) is 1.65. The van der Waals surface area contributed by atoms with Gasteiger partial charge in [-0.2, -0.15) is 0 Å². The summed E-state index contributed by atoms with van der Waals surface area (Å²) in [6, 6.07) is 4.39. The maximum absolute atomic E-state index is 9.33. The first-order chi connectivity index (χ1) is 7.65. The Bertz CT molecular complexity index is 275. The molecule has 0 fully saturated rings. The minimum Gasteiger partial charge on any atom is -0.394 e. The van der Waals surface area contributed by atoms with E-state index in [1.165, 1.54) is 4.88 Å². The van der Waals surface area contributed by atoms with Gasteiger partial charge in [0.15, 0.2) is 0 Å². The highest BCUT2D eigenvalue weighted by Gasteiger charge is 2.27. The van der Waals surface area contributed by atoms with Gasteiger partial charge in [-0.15, -0.1) is 11.3 Å². The minimum absolute atomic E-state index is 0.0330. The largest absolute Gasteiger partial charge is 0.394 e. The second-order valence-electron chi connectivity index (χ2n) is 4.28. The van der Waals surface area contributed by atoms with Crippen molar-refractivity contribution in [2.45, 2.75) is 38.3 Å². The standard InChI is InChI=1S/C12H21NO2S/c1-3-12(8-14,9-15)13-10(2)7-11-5-4-6-16-11/h4-6,10,13-15H,3,7-9H2,1-2H3. The smallest absolute Gasteiger partial charge is 0.0647 e. The van der Waals surface area contributed by atoms with Gasteiger partial charge in [0.2, 0.25) is 0 Å². The Morgan fingerprint density at radius 2 is 2.12 bits per heavy atom. The molecule has 0 spiro atoms. The number of rotatable bonds is 7. The van der Waals surface area contributed by atoms with Crippen molar-refractivity contribution in [3.05, 3.63) is 22.4 Å². The first-order valence-corrected chi connectivity index (χ1v) is 6.55. The van der Waals surface area contributed by atoms with Crippen molar-refractivity contribution in [2.24, 2.45) is 0 Å². The number of thiophene rings is 1. The zero-order chi connectivity index (χ0) is 12.0. The van der Waals surface area contributed by atoms with Crippen LogP contribution >= 0.6 is 11.3 Å². The van der Waals surface area contributed by atoms with Gasteiger partial charge >= 0.3 is 0 Å². The third-order valence-electron chi connectivity index (χ3n) is 2.92. The van der Waals surface area contributed by atoms with E-state index in [1.54, 1.807) is 11.3 Å². The fourth-order valence-corrected chi connectivity index (χ4v) is 2.61.